The standard InChI is InChI=1S/C28H29N5O4/c1-35-21-12-10-20(11-13-21)23-17-22(19-7-5-4-6-8-19)29-28-31-27(32-33(23)28)30-26(34)16-18-9-14-24(36-2)25(15-18)37-3/h4-15,22-23H,16-17H2,1-3H3,(H2,29,30,31,32,34)/t22-,23-/m0/s1. The number of carbonyl (C=O) groups excluding carboxylic acids is 1. The fourth-order valence-corrected chi connectivity index (χ4v) is 4.58. The topological polar surface area (TPSA) is 99.5 Å². The van der Waals surface area contributed by atoms with E-state index in [0.717, 1.165) is 28.9 Å². The molecule has 3 aromatic carbocycles. The van der Waals surface area contributed by atoms with E-state index in [-0.39, 0.29) is 30.4 Å². The smallest absolute Gasteiger partial charge is 0.250 e. The molecule has 1 aromatic heterocycles. The molecule has 0 bridgehead atoms. The van der Waals surface area contributed by atoms with Crippen LogP contribution in [-0.4, -0.2) is 42.0 Å². The number of ether oxygens (including phenoxy) is 3. The monoisotopic (exact) mass is 499 g/mol. The van der Waals surface area contributed by atoms with E-state index in [2.05, 4.69) is 32.8 Å². The summed E-state index contributed by atoms with van der Waals surface area (Å²) in [4.78, 5) is 17.5. The van der Waals surface area contributed by atoms with Gasteiger partial charge in [-0.15, -0.1) is 5.10 Å². The summed E-state index contributed by atoms with van der Waals surface area (Å²) in [5, 5.41) is 11.0. The largest absolute Gasteiger partial charge is 0.497 e. The third-order valence-corrected chi connectivity index (χ3v) is 6.46. The first-order valence-corrected chi connectivity index (χ1v) is 12.0. The van der Waals surface area contributed by atoms with Gasteiger partial charge in [0.05, 0.1) is 39.8 Å². The molecule has 1 aliphatic heterocycles. The molecule has 2 N–H and O–H groups in total. The second-order valence-electron chi connectivity index (χ2n) is 8.75. The van der Waals surface area contributed by atoms with Gasteiger partial charge in [-0.3, -0.25) is 10.1 Å². The number of aromatic nitrogens is 3. The van der Waals surface area contributed by atoms with Crippen LogP contribution in [0.15, 0.2) is 72.8 Å². The van der Waals surface area contributed by atoms with E-state index >= 15 is 0 Å². The van der Waals surface area contributed by atoms with Gasteiger partial charge in [0.25, 0.3) is 5.95 Å². The maximum absolute atomic E-state index is 12.8. The molecule has 9 heteroatoms. The van der Waals surface area contributed by atoms with Crippen LogP contribution in [0.3, 0.4) is 0 Å². The number of hydrogen-bond donors (Lipinski definition) is 2. The number of amides is 1. The minimum absolute atomic E-state index is 0.0420. The Morgan fingerprint density at radius 2 is 1.70 bits per heavy atom. The molecule has 1 aliphatic rings. The molecule has 5 rings (SSSR count). The van der Waals surface area contributed by atoms with Crippen LogP contribution >= 0.6 is 0 Å². The average molecular weight is 500 g/mol. The van der Waals surface area contributed by atoms with E-state index < -0.39 is 0 Å². The zero-order chi connectivity index (χ0) is 25.8. The van der Waals surface area contributed by atoms with Gasteiger partial charge in [0.1, 0.15) is 5.75 Å². The van der Waals surface area contributed by atoms with Crippen molar-refractivity contribution in [1.29, 1.82) is 0 Å². The Labute approximate surface area is 215 Å². The molecule has 9 nitrogen and oxygen atoms in total. The number of methoxy groups -OCH3 is 3. The van der Waals surface area contributed by atoms with E-state index in [1.54, 1.807) is 33.5 Å². The predicted molar refractivity (Wildman–Crippen MR) is 140 cm³/mol. The summed E-state index contributed by atoms with van der Waals surface area (Å²) in [5.41, 5.74) is 3.03. The van der Waals surface area contributed by atoms with Crippen molar-refractivity contribution in [2.45, 2.75) is 24.9 Å². The van der Waals surface area contributed by atoms with Gasteiger partial charge in [0.15, 0.2) is 11.5 Å². The first-order chi connectivity index (χ1) is 18.1. The van der Waals surface area contributed by atoms with Crippen LogP contribution in [0.5, 0.6) is 17.2 Å². The zero-order valence-corrected chi connectivity index (χ0v) is 21.0. The molecule has 0 aliphatic carbocycles. The van der Waals surface area contributed by atoms with Crippen LogP contribution < -0.4 is 24.8 Å². The van der Waals surface area contributed by atoms with E-state index in [9.17, 15) is 4.79 Å². The molecule has 37 heavy (non-hydrogen) atoms. The summed E-state index contributed by atoms with van der Waals surface area (Å²) >= 11 is 0. The lowest BCUT2D eigenvalue weighted by atomic mass is 9.93. The third kappa shape index (κ3) is 5.20. The first kappa shape index (κ1) is 24.2. The Bertz CT molecular complexity index is 1370. The molecule has 0 saturated heterocycles. The zero-order valence-electron chi connectivity index (χ0n) is 21.0. The third-order valence-electron chi connectivity index (χ3n) is 6.46. The Morgan fingerprint density at radius 3 is 2.41 bits per heavy atom. The fourth-order valence-electron chi connectivity index (χ4n) is 4.58. The van der Waals surface area contributed by atoms with Crippen LogP contribution in [0.2, 0.25) is 0 Å². The molecule has 2 heterocycles. The molecule has 2 atom stereocenters. The SMILES string of the molecule is COc1ccc([C@@H]2C[C@@H](c3ccccc3)Nc3nc(NC(=O)Cc4ccc(OC)c(OC)c4)nn32)cc1. The summed E-state index contributed by atoms with van der Waals surface area (Å²) in [6.45, 7) is 0. The van der Waals surface area contributed by atoms with Crippen molar-refractivity contribution >= 4 is 17.8 Å². The van der Waals surface area contributed by atoms with E-state index in [4.69, 9.17) is 14.2 Å². The lowest BCUT2D eigenvalue weighted by Gasteiger charge is -2.31. The van der Waals surface area contributed by atoms with Crippen molar-refractivity contribution in [1.82, 2.24) is 14.8 Å². The maximum Gasteiger partial charge on any atom is 0.250 e. The Kier molecular flexibility index (Phi) is 6.93. The Morgan fingerprint density at radius 1 is 0.946 bits per heavy atom. The van der Waals surface area contributed by atoms with Gasteiger partial charge in [-0.2, -0.15) is 4.98 Å². The van der Waals surface area contributed by atoms with Gasteiger partial charge >= 0.3 is 0 Å². The van der Waals surface area contributed by atoms with Gasteiger partial charge in [0.2, 0.25) is 11.9 Å². The summed E-state index contributed by atoms with van der Waals surface area (Å²) in [6, 6.07) is 23.6. The number of carbonyl (C=O) groups is 1. The van der Waals surface area contributed by atoms with Crippen molar-refractivity contribution in [3.63, 3.8) is 0 Å². The molecule has 0 fully saturated rings. The van der Waals surface area contributed by atoms with Crippen LogP contribution in [0.25, 0.3) is 0 Å². The van der Waals surface area contributed by atoms with Crippen LogP contribution in [0.1, 0.15) is 35.2 Å². The van der Waals surface area contributed by atoms with Gasteiger partial charge < -0.3 is 19.5 Å². The Balaban J connectivity index is 1.39. The van der Waals surface area contributed by atoms with E-state index in [1.165, 1.54) is 0 Å². The number of hydrogen-bond acceptors (Lipinski definition) is 7. The Hall–Kier alpha value is -4.53. The fraction of sp³-hybridized carbons (Fsp3) is 0.250. The van der Waals surface area contributed by atoms with Gasteiger partial charge in [0, 0.05) is 0 Å². The van der Waals surface area contributed by atoms with E-state index in [0.29, 0.717) is 17.4 Å². The normalized spacial score (nSPS) is 16.3. The van der Waals surface area contributed by atoms with Gasteiger partial charge in [-0.1, -0.05) is 48.5 Å². The molecule has 0 radical (unpaired) electrons. The number of benzene rings is 3. The highest BCUT2D eigenvalue weighted by molar-refractivity contribution is 5.90. The van der Waals surface area contributed by atoms with Crippen molar-refractivity contribution in [3.8, 4) is 17.2 Å². The molecule has 0 unspecified atom stereocenters. The highest BCUT2D eigenvalue weighted by atomic mass is 16.5. The molecule has 4 aromatic rings. The number of anilines is 2. The predicted octanol–water partition coefficient (Wildman–Crippen LogP) is 4.63. The second kappa shape index (κ2) is 10.6. The van der Waals surface area contributed by atoms with Crippen molar-refractivity contribution < 1.29 is 19.0 Å². The number of nitrogens with zero attached hydrogens (tertiary/aromatic N) is 3. The van der Waals surface area contributed by atoms with Crippen LogP contribution in [-0.2, 0) is 11.2 Å². The summed E-state index contributed by atoms with van der Waals surface area (Å²) in [6.07, 6.45) is 0.915. The van der Waals surface area contributed by atoms with Gasteiger partial charge in [-0.05, 0) is 47.4 Å². The molecular formula is C28H29N5O4. The van der Waals surface area contributed by atoms with Crippen molar-refractivity contribution in [3.05, 3.63) is 89.5 Å². The van der Waals surface area contributed by atoms with Crippen molar-refractivity contribution in [2.24, 2.45) is 0 Å². The maximum atomic E-state index is 12.8. The minimum atomic E-state index is -0.226. The van der Waals surface area contributed by atoms with Crippen LogP contribution in [0, 0.1) is 0 Å². The highest BCUT2D eigenvalue weighted by Crippen LogP contribution is 2.38. The molecule has 0 spiro atoms. The van der Waals surface area contributed by atoms with E-state index in [1.807, 2.05) is 53.2 Å². The molecule has 190 valence electrons. The lowest BCUT2D eigenvalue weighted by molar-refractivity contribution is -0.115. The summed E-state index contributed by atoms with van der Waals surface area (Å²) < 4.78 is 17.8. The molecular weight excluding hydrogens is 470 g/mol. The van der Waals surface area contributed by atoms with Crippen molar-refractivity contribution in [2.75, 3.05) is 32.0 Å². The first-order valence-electron chi connectivity index (χ1n) is 12.0. The molecule has 0 saturated carbocycles. The summed E-state index contributed by atoms with van der Waals surface area (Å²) in [5.74, 6) is 2.60. The second-order valence-corrected chi connectivity index (χ2v) is 8.75. The van der Waals surface area contributed by atoms with Gasteiger partial charge in [-0.25, -0.2) is 4.68 Å². The highest BCUT2D eigenvalue weighted by Gasteiger charge is 2.31. The van der Waals surface area contributed by atoms with Crippen LogP contribution in [0.4, 0.5) is 11.9 Å². The lowest BCUT2D eigenvalue weighted by Crippen LogP contribution is -2.28. The minimum Gasteiger partial charge on any atom is -0.497 e. The quantitative estimate of drug-likeness (QED) is 0.365. The molecule has 1 amide bonds. The number of fused-ring (bicyclic) bond motifs is 1. The average Bonchev–Trinajstić information content (AvgIpc) is 3.35. The number of nitrogens with one attached hydrogen (secondary N) is 2. The number of rotatable bonds is 8. The summed E-state index contributed by atoms with van der Waals surface area (Å²) in [7, 11) is 4.79.